The third kappa shape index (κ3) is 5.51. The van der Waals surface area contributed by atoms with Crippen LogP contribution in [0.1, 0.15) is 29.7 Å². The zero-order valence-corrected chi connectivity index (χ0v) is 22.3. The zero-order valence-electron chi connectivity index (χ0n) is 21.5. The second kappa shape index (κ2) is 11.4. The molecule has 10 heteroatoms. The molecule has 0 amide bonds. The van der Waals surface area contributed by atoms with Crippen LogP contribution in [0.4, 0.5) is 11.5 Å². The van der Waals surface area contributed by atoms with E-state index in [1.807, 2.05) is 42.6 Å². The number of aryl methyl sites for hydroxylation is 1. The molecule has 0 bridgehead atoms. The molecule has 0 spiro atoms. The number of nitrogens with one attached hydrogen (secondary N) is 1. The summed E-state index contributed by atoms with van der Waals surface area (Å²) in [6.45, 7) is 7.02. The van der Waals surface area contributed by atoms with Crippen molar-refractivity contribution >= 4 is 45.7 Å². The quantitative estimate of drug-likeness (QED) is 0.159. The number of thiazole rings is 1. The van der Waals surface area contributed by atoms with E-state index in [4.69, 9.17) is 30.6 Å². The minimum Gasteiger partial charge on any atom is -0.457 e. The van der Waals surface area contributed by atoms with E-state index in [1.165, 1.54) is 23.6 Å². The summed E-state index contributed by atoms with van der Waals surface area (Å²) in [6.07, 6.45) is 5.79. The van der Waals surface area contributed by atoms with E-state index in [0.29, 0.717) is 60.0 Å². The normalized spacial score (nSPS) is 13.5. The molecule has 0 aliphatic carbocycles. The molecule has 198 valence electrons. The van der Waals surface area contributed by atoms with Crippen molar-refractivity contribution in [3.05, 3.63) is 82.3 Å². The molecule has 1 aliphatic rings. The average molecular weight is 541 g/mol. The number of benzene rings is 2. The van der Waals surface area contributed by atoms with Crippen LogP contribution in [0.5, 0.6) is 17.5 Å². The van der Waals surface area contributed by atoms with Gasteiger partial charge in [0.25, 0.3) is 0 Å². The van der Waals surface area contributed by atoms with Gasteiger partial charge in [0.2, 0.25) is 0 Å². The number of nitrogen functional groups attached to an aromatic ring is 1. The number of carbonyl (C=O) groups excluding carboxylic acids is 1. The molecule has 0 saturated heterocycles. The largest absolute Gasteiger partial charge is 0.457 e. The Hall–Kier alpha value is -4.57. The number of ether oxygens (including phenoxy) is 2. The molecule has 0 atom stereocenters. The maximum Gasteiger partial charge on any atom is 0.319 e. The van der Waals surface area contributed by atoms with Crippen LogP contribution in [0, 0.1) is 12.3 Å². The van der Waals surface area contributed by atoms with Gasteiger partial charge in [-0.3, -0.25) is 4.79 Å². The van der Waals surface area contributed by atoms with Crippen LogP contribution < -0.4 is 20.1 Å². The van der Waals surface area contributed by atoms with Crippen molar-refractivity contribution in [2.45, 2.75) is 26.4 Å². The summed E-state index contributed by atoms with van der Waals surface area (Å²) in [6, 6.07) is 9.46. The minimum atomic E-state index is -0.0492. The fourth-order valence-corrected chi connectivity index (χ4v) is 5.02. The van der Waals surface area contributed by atoms with E-state index < -0.39 is 0 Å². The highest BCUT2D eigenvalue weighted by Gasteiger charge is 2.22. The van der Waals surface area contributed by atoms with Gasteiger partial charge in [-0.2, -0.15) is 9.97 Å². The molecule has 4 aromatic rings. The summed E-state index contributed by atoms with van der Waals surface area (Å²) >= 11 is 1.49. The first kappa shape index (κ1) is 26.1. The zero-order chi connectivity index (χ0) is 27.4. The summed E-state index contributed by atoms with van der Waals surface area (Å²) in [5.41, 5.74) is 11.8. The number of allylic oxidation sites excluding steroid dienone is 1. The van der Waals surface area contributed by atoms with E-state index in [0.717, 1.165) is 22.2 Å². The number of hydrogen-bond acceptors (Lipinski definition) is 10. The molecule has 0 unspecified atom stereocenters. The third-order valence-corrected chi connectivity index (χ3v) is 7.14. The van der Waals surface area contributed by atoms with Crippen molar-refractivity contribution in [3.63, 3.8) is 0 Å². The predicted octanol–water partition coefficient (Wildman–Crippen LogP) is 5.63. The standard InChI is InChI=1S/C29H28N6O3S/c1-3-24(36)19-6-5-12-35(13-11-19)28-21-7-4-8-25(38-27-18(2)9-10-23(31)22(27)14-30)26(21)33-29(34-28)37-15-20-16-39-17-32-20/h3-4,6-10,14,16-17,30H,1,5,11-13,15,31H2,2H3. The Morgan fingerprint density at radius 3 is 2.90 bits per heavy atom. The van der Waals surface area contributed by atoms with Crippen LogP contribution in [-0.2, 0) is 11.4 Å². The minimum absolute atomic E-state index is 0.0492. The van der Waals surface area contributed by atoms with Gasteiger partial charge in [0.1, 0.15) is 23.7 Å². The number of para-hydroxylation sites is 1. The Morgan fingerprint density at radius 2 is 2.13 bits per heavy atom. The highest BCUT2D eigenvalue weighted by Crippen LogP contribution is 2.38. The van der Waals surface area contributed by atoms with Gasteiger partial charge in [-0.05, 0) is 55.2 Å². The number of rotatable bonds is 9. The summed E-state index contributed by atoms with van der Waals surface area (Å²) < 4.78 is 12.4. The topological polar surface area (TPSA) is 127 Å². The molecule has 0 radical (unpaired) electrons. The van der Waals surface area contributed by atoms with Crippen LogP contribution in [-0.4, -0.2) is 40.0 Å². The molecule has 5 rings (SSSR count). The Morgan fingerprint density at radius 1 is 1.26 bits per heavy atom. The Bertz CT molecular complexity index is 1580. The number of nitrogens with two attached hydrogens (primary N) is 1. The SMILES string of the molecule is C=CC(=O)C1=CCCN(c2nc(OCc3cscn3)nc3c(Oc4c(C)ccc(N)c4C=N)cccc23)CC1. The number of anilines is 2. The number of hydrogen-bond donors (Lipinski definition) is 2. The summed E-state index contributed by atoms with van der Waals surface area (Å²) in [4.78, 5) is 28.2. The van der Waals surface area contributed by atoms with Gasteiger partial charge in [-0.1, -0.05) is 24.8 Å². The number of aromatic nitrogens is 3. The molecule has 9 nitrogen and oxygen atoms in total. The van der Waals surface area contributed by atoms with Gasteiger partial charge in [0, 0.05) is 35.8 Å². The molecule has 1 aliphatic heterocycles. The highest BCUT2D eigenvalue weighted by molar-refractivity contribution is 7.07. The second-order valence-corrected chi connectivity index (χ2v) is 9.75. The van der Waals surface area contributed by atoms with Crippen molar-refractivity contribution in [2.75, 3.05) is 23.7 Å². The van der Waals surface area contributed by atoms with Gasteiger partial charge in [0.05, 0.1) is 16.8 Å². The van der Waals surface area contributed by atoms with Crippen LogP contribution in [0.2, 0.25) is 0 Å². The molecule has 3 N–H and O–H groups in total. The van der Waals surface area contributed by atoms with Gasteiger partial charge >= 0.3 is 6.01 Å². The van der Waals surface area contributed by atoms with E-state index >= 15 is 0 Å². The van der Waals surface area contributed by atoms with Crippen LogP contribution in [0.15, 0.2) is 65.5 Å². The van der Waals surface area contributed by atoms with Crippen LogP contribution in [0.3, 0.4) is 0 Å². The van der Waals surface area contributed by atoms with E-state index in [2.05, 4.69) is 16.5 Å². The van der Waals surface area contributed by atoms with Crippen molar-refractivity contribution in [1.29, 1.82) is 5.41 Å². The monoisotopic (exact) mass is 540 g/mol. The Kier molecular flexibility index (Phi) is 7.64. The molecule has 2 aromatic carbocycles. The maximum absolute atomic E-state index is 12.3. The Labute approximate surface area is 230 Å². The van der Waals surface area contributed by atoms with Crippen molar-refractivity contribution < 1.29 is 14.3 Å². The van der Waals surface area contributed by atoms with Gasteiger partial charge in [-0.15, -0.1) is 11.3 Å². The lowest BCUT2D eigenvalue weighted by Gasteiger charge is -2.24. The first-order chi connectivity index (χ1) is 19.0. The van der Waals surface area contributed by atoms with Crippen molar-refractivity contribution in [3.8, 4) is 17.5 Å². The predicted molar refractivity (Wildman–Crippen MR) is 154 cm³/mol. The molecule has 39 heavy (non-hydrogen) atoms. The lowest BCUT2D eigenvalue weighted by Crippen LogP contribution is -2.26. The number of fused-ring (bicyclic) bond motifs is 1. The highest BCUT2D eigenvalue weighted by atomic mass is 32.1. The Balaban J connectivity index is 1.58. The number of nitrogens with zero attached hydrogens (tertiary/aromatic N) is 4. The molecular weight excluding hydrogens is 512 g/mol. The molecule has 2 aromatic heterocycles. The fraction of sp³-hybridized carbons (Fsp3) is 0.207. The number of carbonyl (C=O) groups is 1. The lowest BCUT2D eigenvalue weighted by atomic mass is 10.1. The van der Waals surface area contributed by atoms with Crippen molar-refractivity contribution in [2.24, 2.45) is 0 Å². The summed E-state index contributed by atoms with van der Waals surface area (Å²) in [7, 11) is 0. The number of ketones is 1. The van der Waals surface area contributed by atoms with Crippen molar-refractivity contribution in [1.82, 2.24) is 15.0 Å². The lowest BCUT2D eigenvalue weighted by molar-refractivity contribution is -0.111. The van der Waals surface area contributed by atoms with Gasteiger partial charge < -0.3 is 25.5 Å². The van der Waals surface area contributed by atoms with Crippen LogP contribution in [0.25, 0.3) is 10.9 Å². The average Bonchev–Trinajstić information content (AvgIpc) is 3.36. The maximum atomic E-state index is 12.3. The first-order valence-electron chi connectivity index (χ1n) is 12.5. The fourth-order valence-electron chi connectivity index (χ4n) is 4.47. The molecule has 3 heterocycles. The van der Waals surface area contributed by atoms with E-state index in [-0.39, 0.29) is 18.4 Å². The molecule has 0 saturated carbocycles. The van der Waals surface area contributed by atoms with E-state index in [9.17, 15) is 4.79 Å². The van der Waals surface area contributed by atoms with Crippen LogP contribution >= 0.6 is 11.3 Å². The van der Waals surface area contributed by atoms with Gasteiger partial charge in [0.15, 0.2) is 11.5 Å². The molecule has 0 fully saturated rings. The van der Waals surface area contributed by atoms with Gasteiger partial charge in [-0.25, -0.2) is 4.98 Å². The second-order valence-electron chi connectivity index (χ2n) is 9.03. The first-order valence-corrected chi connectivity index (χ1v) is 13.4. The summed E-state index contributed by atoms with van der Waals surface area (Å²) in [5.74, 6) is 1.62. The van der Waals surface area contributed by atoms with E-state index in [1.54, 1.807) is 11.6 Å². The summed E-state index contributed by atoms with van der Waals surface area (Å²) in [5, 5.41) is 10.6. The smallest absolute Gasteiger partial charge is 0.319 e. The third-order valence-electron chi connectivity index (χ3n) is 6.51. The molecular formula is C29H28N6O3S.